The number of Topliss-reactive ketones (excluding diaryl/α,β-unsaturated/α-hetero) is 1. The number of methoxy groups -OCH3 is 1. The van der Waals surface area contributed by atoms with Crippen molar-refractivity contribution in [1.29, 1.82) is 0 Å². The molecule has 2 heterocycles. The molecule has 1 atom stereocenters. The van der Waals surface area contributed by atoms with Crippen LogP contribution in [-0.4, -0.2) is 23.4 Å². The number of para-hydroxylation sites is 1. The van der Waals surface area contributed by atoms with Crippen molar-refractivity contribution in [3.05, 3.63) is 137 Å². The van der Waals surface area contributed by atoms with E-state index in [0.29, 0.717) is 28.9 Å². The number of aromatic nitrogens is 1. The van der Waals surface area contributed by atoms with Crippen molar-refractivity contribution in [3.8, 4) is 16.9 Å². The lowest BCUT2D eigenvalue weighted by Crippen LogP contribution is -2.23. The van der Waals surface area contributed by atoms with Crippen molar-refractivity contribution < 1.29 is 27.5 Å². The summed E-state index contributed by atoms with van der Waals surface area (Å²) in [6.45, 7) is 0.630. The molecule has 43 heavy (non-hydrogen) atoms. The minimum absolute atomic E-state index is 0.195. The molecule has 1 aliphatic rings. The number of hydrogen-bond donors (Lipinski definition) is 2. The number of alkyl halides is 3. The number of nitrogens with zero attached hydrogens (tertiary/aromatic N) is 1. The molecule has 0 saturated heterocycles. The Hall–Kier alpha value is -5.31. The highest BCUT2D eigenvalue weighted by Crippen LogP contribution is 2.35. The maximum atomic E-state index is 13.9. The predicted molar refractivity (Wildman–Crippen MR) is 158 cm³/mol. The van der Waals surface area contributed by atoms with E-state index in [1.165, 1.54) is 19.2 Å². The fraction of sp³-hybridized carbons (Fsp3) is 0.118. The summed E-state index contributed by atoms with van der Waals surface area (Å²) in [4.78, 5) is 27.3. The Morgan fingerprint density at radius 3 is 2.40 bits per heavy atom. The molecule has 6 nitrogen and oxygen atoms in total. The van der Waals surface area contributed by atoms with E-state index >= 15 is 0 Å². The molecule has 1 amide bonds. The second-order valence-electron chi connectivity index (χ2n) is 10.1. The van der Waals surface area contributed by atoms with Crippen molar-refractivity contribution in [3.63, 3.8) is 0 Å². The van der Waals surface area contributed by atoms with Gasteiger partial charge in [0.05, 0.1) is 18.2 Å². The lowest BCUT2D eigenvalue weighted by Gasteiger charge is -2.20. The van der Waals surface area contributed by atoms with E-state index in [1.807, 2.05) is 47.2 Å². The highest BCUT2D eigenvalue weighted by Gasteiger charge is 2.31. The predicted octanol–water partition coefficient (Wildman–Crippen LogP) is 7.83. The van der Waals surface area contributed by atoms with Crippen LogP contribution in [0.15, 0.2) is 109 Å². The summed E-state index contributed by atoms with van der Waals surface area (Å²) in [5.41, 5.74) is 3.96. The number of hydrogen-bond acceptors (Lipinski definition) is 4. The Labute approximate surface area is 245 Å². The second-order valence-corrected chi connectivity index (χ2v) is 10.1. The smallest absolute Gasteiger partial charge is 0.416 e. The first-order valence-electron chi connectivity index (χ1n) is 13.5. The zero-order valence-corrected chi connectivity index (χ0v) is 23.0. The molecular formula is C34H26F3N3O3. The minimum Gasteiger partial charge on any atom is -0.496 e. The number of carbonyl (C=O) groups excluding carboxylic acids is 2. The van der Waals surface area contributed by atoms with E-state index in [-0.39, 0.29) is 17.1 Å². The van der Waals surface area contributed by atoms with Crippen LogP contribution in [0.1, 0.15) is 43.6 Å². The molecule has 0 spiro atoms. The van der Waals surface area contributed by atoms with Crippen molar-refractivity contribution in [2.75, 3.05) is 17.7 Å². The van der Waals surface area contributed by atoms with Crippen LogP contribution in [0.5, 0.6) is 5.75 Å². The number of benzene rings is 4. The van der Waals surface area contributed by atoms with Gasteiger partial charge in [0.25, 0.3) is 5.91 Å². The third kappa shape index (κ3) is 5.49. The number of halogens is 3. The Bertz CT molecular complexity index is 1830. The van der Waals surface area contributed by atoms with Crippen LogP contribution in [-0.2, 0) is 12.7 Å². The zero-order valence-electron chi connectivity index (χ0n) is 23.0. The lowest BCUT2D eigenvalue weighted by atomic mass is 9.97. The quantitative estimate of drug-likeness (QED) is 0.201. The Kier molecular flexibility index (Phi) is 7.23. The summed E-state index contributed by atoms with van der Waals surface area (Å²) in [7, 11) is 1.45. The molecule has 0 radical (unpaired) electrons. The van der Waals surface area contributed by atoms with Crippen molar-refractivity contribution in [2.24, 2.45) is 0 Å². The van der Waals surface area contributed by atoms with E-state index in [9.17, 15) is 22.8 Å². The molecule has 1 aromatic heterocycles. The fourth-order valence-electron chi connectivity index (χ4n) is 5.34. The van der Waals surface area contributed by atoms with E-state index in [2.05, 4.69) is 10.6 Å². The van der Waals surface area contributed by atoms with Gasteiger partial charge in [-0.15, -0.1) is 0 Å². The summed E-state index contributed by atoms with van der Waals surface area (Å²) in [6.07, 6.45) is -2.51. The second kappa shape index (κ2) is 11.2. The SMILES string of the molecule is COc1cc(NC(=O)c2ccccc2-c2ccc(C(F)(F)F)cc2)ccc1C(=O)C1Nc2ccccc2Cn2cccc21. The Balaban J connectivity index is 1.26. The van der Waals surface area contributed by atoms with Crippen LogP contribution in [0.3, 0.4) is 0 Å². The fourth-order valence-corrected chi connectivity index (χ4v) is 5.34. The highest BCUT2D eigenvalue weighted by atomic mass is 19.4. The number of amides is 1. The molecule has 0 saturated carbocycles. The molecular weight excluding hydrogens is 555 g/mol. The van der Waals surface area contributed by atoms with Gasteiger partial charge in [-0.2, -0.15) is 13.2 Å². The molecule has 1 unspecified atom stereocenters. The van der Waals surface area contributed by atoms with Crippen LogP contribution < -0.4 is 15.4 Å². The van der Waals surface area contributed by atoms with Crippen molar-refractivity contribution in [1.82, 2.24) is 4.57 Å². The summed E-state index contributed by atoms with van der Waals surface area (Å²) in [5, 5.41) is 6.22. The summed E-state index contributed by atoms with van der Waals surface area (Å²) < 4.78 is 46.8. The highest BCUT2D eigenvalue weighted by molar-refractivity contribution is 6.09. The summed E-state index contributed by atoms with van der Waals surface area (Å²) in [5.74, 6) is -0.369. The summed E-state index contributed by atoms with van der Waals surface area (Å²) in [6, 6.07) is 27.1. The zero-order chi connectivity index (χ0) is 30.1. The van der Waals surface area contributed by atoms with Gasteiger partial charge < -0.3 is 19.9 Å². The Morgan fingerprint density at radius 2 is 1.63 bits per heavy atom. The number of rotatable bonds is 6. The lowest BCUT2D eigenvalue weighted by molar-refractivity contribution is -0.137. The molecule has 1 aliphatic heterocycles. The van der Waals surface area contributed by atoms with Gasteiger partial charge in [0, 0.05) is 41.4 Å². The van der Waals surface area contributed by atoms with Crippen molar-refractivity contribution >= 4 is 23.1 Å². The van der Waals surface area contributed by atoms with Gasteiger partial charge >= 0.3 is 6.18 Å². The molecule has 2 N–H and O–H groups in total. The minimum atomic E-state index is -4.46. The molecule has 216 valence electrons. The average Bonchev–Trinajstić information content (AvgIpc) is 3.41. The van der Waals surface area contributed by atoms with Crippen LogP contribution >= 0.6 is 0 Å². The average molecular weight is 582 g/mol. The molecule has 0 fully saturated rings. The van der Waals surface area contributed by atoms with Gasteiger partial charge in [0.1, 0.15) is 11.8 Å². The Morgan fingerprint density at radius 1 is 0.884 bits per heavy atom. The van der Waals surface area contributed by atoms with Gasteiger partial charge in [-0.25, -0.2) is 0 Å². The van der Waals surface area contributed by atoms with Crippen molar-refractivity contribution in [2.45, 2.75) is 18.8 Å². The topological polar surface area (TPSA) is 72.4 Å². The van der Waals surface area contributed by atoms with Gasteiger partial charge in [-0.3, -0.25) is 9.59 Å². The van der Waals surface area contributed by atoms with E-state index in [4.69, 9.17) is 4.74 Å². The van der Waals surface area contributed by atoms with Gasteiger partial charge in [-0.1, -0.05) is 48.5 Å². The maximum absolute atomic E-state index is 13.9. The number of anilines is 2. The largest absolute Gasteiger partial charge is 0.496 e. The first kappa shape index (κ1) is 27.8. The van der Waals surface area contributed by atoms with E-state index in [1.54, 1.807) is 42.5 Å². The third-order valence-corrected chi connectivity index (χ3v) is 7.50. The monoisotopic (exact) mass is 581 g/mol. The maximum Gasteiger partial charge on any atom is 0.416 e. The van der Waals surface area contributed by atoms with Gasteiger partial charge in [-0.05, 0) is 65.2 Å². The van der Waals surface area contributed by atoms with Crippen LogP contribution in [0.2, 0.25) is 0 Å². The standard InChI is InChI=1S/C34H26F3N3O3/c1-43-30-19-24(38-33(42)26-9-4-3-8-25(26)21-12-14-23(15-13-21)34(35,36)37)16-17-27(30)32(41)31-29-11-6-18-40(29)20-22-7-2-5-10-28(22)39-31/h2-19,31,39H,20H2,1H3,(H,38,42). The normalized spacial score (nSPS) is 14.1. The number of fused-ring (bicyclic) bond motifs is 2. The molecule has 5 aromatic rings. The number of nitrogens with one attached hydrogen (secondary N) is 2. The molecule has 0 bridgehead atoms. The van der Waals surface area contributed by atoms with Crippen LogP contribution in [0, 0.1) is 0 Å². The molecule has 4 aromatic carbocycles. The van der Waals surface area contributed by atoms with Gasteiger partial charge in [0.15, 0.2) is 5.78 Å². The molecule has 9 heteroatoms. The van der Waals surface area contributed by atoms with Crippen LogP contribution in [0.25, 0.3) is 11.1 Å². The van der Waals surface area contributed by atoms with Gasteiger partial charge in [0.2, 0.25) is 0 Å². The first-order valence-corrected chi connectivity index (χ1v) is 13.5. The molecule has 6 rings (SSSR count). The van der Waals surface area contributed by atoms with Crippen LogP contribution in [0.4, 0.5) is 24.5 Å². The number of carbonyl (C=O) groups is 2. The number of ether oxygens (including phenoxy) is 1. The number of ketones is 1. The summed E-state index contributed by atoms with van der Waals surface area (Å²) >= 11 is 0. The molecule has 0 aliphatic carbocycles. The third-order valence-electron chi connectivity index (χ3n) is 7.50. The van der Waals surface area contributed by atoms with E-state index < -0.39 is 23.7 Å². The first-order chi connectivity index (χ1) is 20.7. The van der Waals surface area contributed by atoms with E-state index in [0.717, 1.165) is 29.1 Å².